The van der Waals surface area contributed by atoms with Gasteiger partial charge in [-0.25, -0.2) is 0 Å². The molecule has 0 fully saturated rings. The van der Waals surface area contributed by atoms with Gasteiger partial charge in [0.2, 0.25) is 0 Å². The summed E-state index contributed by atoms with van der Waals surface area (Å²) in [5.74, 6) is 0. The summed E-state index contributed by atoms with van der Waals surface area (Å²) < 4.78 is 0. The van der Waals surface area contributed by atoms with Crippen molar-refractivity contribution in [1.29, 1.82) is 0 Å². The predicted molar refractivity (Wildman–Crippen MR) is 19.1 cm³/mol. The van der Waals surface area contributed by atoms with E-state index >= 15 is 0 Å². The first-order valence-corrected chi connectivity index (χ1v) is 0. The van der Waals surface area contributed by atoms with Gasteiger partial charge in [-0.15, -0.1) is 0 Å². The maximum atomic E-state index is 0. The van der Waals surface area contributed by atoms with Gasteiger partial charge in [0.15, 0.2) is 0 Å². The molecule has 0 aromatic rings. The van der Waals surface area contributed by atoms with Crippen LogP contribution < -0.4 is 0 Å². The molecule has 0 saturated heterocycles. The largest absolute Gasteiger partial charge is 0 e. The first-order valence-electron chi connectivity index (χ1n) is 0. The van der Waals surface area contributed by atoms with Crippen molar-refractivity contribution >= 4 is 50.4 Å². The van der Waals surface area contributed by atoms with Crippen molar-refractivity contribution in [2.24, 2.45) is 0 Å². The molecule has 20 valence electrons. The van der Waals surface area contributed by atoms with Gasteiger partial charge >= 0.3 is 0 Å². The molecule has 0 aromatic heterocycles. The molecule has 0 saturated carbocycles. The normalized spacial score (nSPS) is 0. The molecule has 0 aromatic carbocycles. The Labute approximate surface area is 81.0 Å². The van der Waals surface area contributed by atoms with Crippen molar-refractivity contribution in [3.63, 3.8) is 0 Å². The van der Waals surface area contributed by atoms with Gasteiger partial charge in [0.05, 0.1) is 0 Å². The molecule has 0 atom stereocenters. The summed E-state index contributed by atoms with van der Waals surface area (Å²) in [6.07, 6.45) is 0. The molecule has 0 aliphatic rings. The molecule has 5 heavy (non-hydrogen) atoms. The predicted octanol–water partition coefficient (Wildman–Crippen LogP) is -0.0217. The Bertz CT molecular complexity index is 11.6. The zero-order chi connectivity index (χ0) is 0. The molecule has 0 aliphatic carbocycles. The van der Waals surface area contributed by atoms with Crippen molar-refractivity contribution < 1.29 is 31.7 Å². The van der Waals surface area contributed by atoms with Crippen LogP contribution in [-0.4, -0.2) is 40.5 Å². The third kappa shape index (κ3) is 21.1. The molecule has 10 radical (unpaired) electrons. The molecule has 0 amide bonds. The topological polar surface area (TPSA) is 28.5 Å². The summed E-state index contributed by atoms with van der Waals surface area (Å²) in [7, 11) is 0. The third-order valence-corrected chi connectivity index (χ3v) is 0. The Morgan fingerprint density at radius 3 is 1.00 bits per heavy atom. The Hall–Kier alpha value is 2.49. The molecule has 0 bridgehead atoms. The minimum Gasteiger partial charge on any atom is 0 e. The number of hydrogen-bond acceptors (Lipinski definition) is 0. The summed E-state index contributed by atoms with van der Waals surface area (Å²) in [4.78, 5) is 0. The van der Waals surface area contributed by atoms with Crippen LogP contribution in [0.2, 0.25) is 0 Å². The molecular formula is NaOPSiZr. The fraction of sp³-hybridized carbons (Fsp3) is 0. The van der Waals surface area contributed by atoms with Gasteiger partial charge < -0.3 is 0 Å². The Balaban J connectivity index is 0. The second-order valence-electron chi connectivity index (χ2n) is 0. The second kappa shape index (κ2) is 31.5. The van der Waals surface area contributed by atoms with E-state index in [0.29, 0.717) is 0 Å². The summed E-state index contributed by atoms with van der Waals surface area (Å²) in [6.45, 7) is 0. The van der Waals surface area contributed by atoms with Crippen LogP contribution >= 0.6 is 9.90 Å². The van der Waals surface area contributed by atoms with E-state index in [4.69, 9.17) is 0 Å². The van der Waals surface area contributed by atoms with Crippen molar-refractivity contribution in [1.82, 2.24) is 0 Å². The number of hydrogen-bond donors (Lipinski definition) is 0. The fourth-order valence-electron chi connectivity index (χ4n) is 0. The minimum atomic E-state index is 0. The molecule has 0 heterocycles. The Morgan fingerprint density at radius 2 is 1.00 bits per heavy atom. The quantitative estimate of drug-likeness (QED) is 0.378. The van der Waals surface area contributed by atoms with Crippen LogP contribution in [0.15, 0.2) is 0 Å². The summed E-state index contributed by atoms with van der Waals surface area (Å²) in [5.41, 5.74) is 0. The standard InChI is InChI=1S/Na.O.P.Si.Zr. The smallest absolute Gasteiger partial charge is 0 e. The van der Waals surface area contributed by atoms with E-state index in [1.807, 2.05) is 0 Å². The van der Waals surface area contributed by atoms with Gasteiger partial charge in [-0.1, -0.05) is 0 Å². The summed E-state index contributed by atoms with van der Waals surface area (Å²) in [5, 5.41) is 0. The zero-order valence-electron chi connectivity index (χ0n) is 2.86. The second-order valence-corrected chi connectivity index (χ2v) is 0. The third-order valence-electron chi connectivity index (χ3n) is 0. The summed E-state index contributed by atoms with van der Waals surface area (Å²) in [6, 6.07) is 0. The van der Waals surface area contributed by atoms with E-state index in [9.17, 15) is 0 Å². The van der Waals surface area contributed by atoms with Crippen LogP contribution in [0.25, 0.3) is 0 Å². The molecular weight excluding hydrogens is 189 g/mol. The molecule has 0 aliphatic heterocycles. The van der Waals surface area contributed by atoms with Gasteiger partial charge in [-0.2, -0.15) is 0 Å². The van der Waals surface area contributed by atoms with Crippen LogP contribution in [0.1, 0.15) is 0 Å². The maximum absolute atomic E-state index is 0. The van der Waals surface area contributed by atoms with Gasteiger partial charge in [0, 0.05) is 82.1 Å². The maximum Gasteiger partial charge on any atom is 0 e. The summed E-state index contributed by atoms with van der Waals surface area (Å²) >= 11 is 0. The van der Waals surface area contributed by atoms with Crippen LogP contribution in [0.5, 0.6) is 0 Å². The Kier molecular flexibility index (Phi) is 321. The van der Waals surface area contributed by atoms with E-state index in [-0.39, 0.29) is 82.1 Å². The minimum absolute atomic E-state index is 0. The van der Waals surface area contributed by atoms with Crippen molar-refractivity contribution in [3.8, 4) is 0 Å². The van der Waals surface area contributed by atoms with Crippen molar-refractivity contribution in [2.75, 3.05) is 0 Å². The molecule has 1 nitrogen and oxygen atoms in total. The average Bonchev–Trinajstić information content (AvgIpc) is 0. The van der Waals surface area contributed by atoms with Crippen LogP contribution in [0, 0.1) is 0 Å². The fourth-order valence-corrected chi connectivity index (χ4v) is 0. The van der Waals surface area contributed by atoms with Gasteiger partial charge in [0.1, 0.15) is 0 Å². The van der Waals surface area contributed by atoms with E-state index in [0.717, 1.165) is 0 Å². The van der Waals surface area contributed by atoms with Gasteiger partial charge in [-0.3, -0.25) is 0 Å². The Morgan fingerprint density at radius 1 is 1.00 bits per heavy atom. The zero-order valence-corrected chi connectivity index (χ0v) is 9.21. The molecule has 0 spiro atoms. The van der Waals surface area contributed by atoms with E-state index in [1.165, 1.54) is 0 Å². The molecule has 0 N–H and O–H groups in total. The first-order chi connectivity index (χ1) is 0. The molecule has 5 heteroatoms. The first kappa shape index (κ1) is 50.9. The van der Waals surface area contributed by atoms with Crippen molar-refractivity contribution in [2.45, 2.75) is 0 Å². The SMILES string of the molecule is [Na].[O].[P].[Si].[Zr]. The van der Waals surface area contributed by atoms with E-state index < -0.39 is 0 Å². The molecule has 0 rings (SSSR count). The average molecular weight is 189 g/mol. The number of rotatable bonds is 0. The van der Waals surface area contributed by atoms with Crippen LogP contribution in [0.3, 0.4) is 0 Å². The van der Waals surface area contributed by atoms with E-state index in [2.05, 4.69) is 0 Å². The van der Waals surface area contributed by atoms with Crippen LogP contribution in [-0.2, 0) is 31.7 Å². The van der Waals surface area contributed by atoms with Crippen LogP contribution in [0.4, 0.5) is 0 Å². The monoisotopic (exact) mass is 188 g/mol. The molecule has 0 unspecified atom stereocenters. The van der Waals surface area contributed by atoms with E-state index in [1.54, 1.807) is 0 Å². The van der Waals surface area contributed by atoms with Gasteiger partial charge in [-0.05, 0) is 0 Å². The van der Waals surface area contributed by atoms with Crippen molar-refractivity contribution in [3.05, 3.63) is 0 Å². The van der Waals surface area contributed by atoms with Gasteiger partial charge in [0.25, 0.3) is 0 Å².